The van der Waals surface area contributed by atoms with E-state index >= 15 is 0 Å². The second kappa shape index (κ2) is 5.16. The molecule has 0 radical (unpaired) electrons. The number of nitrogens with zero attached hydrogens (tertiary/aromatic N) is 1. The molecule has 2 rings (SSSR count). The molecular weight excluding hydrogens is 252 g/mol. The monoisotopic (exact) mass is 270 g/mol. The van der Waals surface area contributed by atoms with Crippen molar-refractivity contribution in [3.05, 3.63) is 23.8 Å². The molecule has 0 fully saturated rings. The highest BCUT2D eigenvalue weighted by molar-refractivity contribution is 7.92. The Kier molecular flexibility index (Phi) is 3.77. The molecule has 1 aromatic rings. The third kappa shape index (κ3) is 2.59. The van der Waals surface area contributed by atoms with E-state index in [4.69, 9.17) is 10.5 Å². The Balaban J connectivity index is 2.17. The van der Waals surface area contributed by atoms with E-state index in [9.17, 15) is 8.42 Å². The molecule has 1 aliphatic rings. The van der Waals surface area contributed by atoms with E-state index in [1.807, 2.05) is 6.07 Å². The van der Waals surface area contributed by atoms with Crippen LogP contribution in [-0.4, -0.2) is 34.4 Å². The number of anilines is 2. The number of ether oxygens (including phenoxy) is 1. The Labute approximate surface area is 108 Å². The van der Waals surface area contributed by atoms with E-state index in [1.165, 1.54) is 4.31 Å². The van der Waals surface area contributed by atoms with Gasteiger partial charge >= 0.3 is 0 Å². The Morgan fingerprint density at radius 3 is 2.94 bits per heavy atom. The molecule has 0 saturated carbocycles. The summed E-state index contributed by atoms with van der Waals surface area (Å²) in [5, 5.41) is 0. The number of nitrogen functional groups attached to an aromatic ring is 1. The lowest BCUT2D eigenvalue weighted by molar-refractivity contribution is 0.199. The Hall–Kier alpha value is -1.27. The van der Waals surface area contributed by atoms with Crippen LogP contribution in [0.4, 0.5) is 11.4 Å². The zero-order valence-corrected chi connectivity index (χ0v) is 11.2. The molecule has 0 saturated heterocycles. The van der Waals surface area contributed by atoms with Crippen molar-refractivity contribution in [1.29, 1.82) is 0 Å². The minimum atomic E-state index is -3.25. The Bertz CT molecular complexity index is 528. The number of sulfonamides is 1. The number of fused-ring (bicyclic) bond motifs is 1. The average Bonchev–Trinajstić information content (AvgIpc) is 2.72. The van der Waals surface area contributed by atoms with Gasteiger partial charge in [0, 0.05) is 25.9 Å². The zero-order chi connectivity index (χ0) is 13.2. The van der Waals surface area contributed by atoms with Crippen molar-refractivity contribution in [1.82, 2.24) is 0 Å². The fraction of sp³-hybridized carbons (Fsp3) is 0.500. The SMILES string of the molecule is COCCCS(=O)(=O)N1CCc2cc(N)ccc21. The summed E-state index contributed by atoms with van der Waals surface area (Å²) < 4.78 is 30.8. The summed E-state index contributed by atoms with van der Waals surface area (Å²) in [6, 6.07) is 5.37. The van der Waals surface area contributed by atoms with Crippen LogP contribution in [-0.2, 0) is 21.2 Å². The van der Waals surface area contributed by atoms with Gasteiger partial charge in [-0.25, -0.2) is 8.42 Å². The van der Waals surface area contributed by atoms with Gasteiger partial charge in [-0.2, -0.15) is 0 Å². The van der Waals surface area contributed by atoms with Gasteiger partial charge in [0.25, 0.3) is 0 Å². The van der Waals surface area contributed by atoms with E-state index in [2.05, 4.69) is 0 Å². The minimum absolute atomic E-state index is 0.116. The summed E-state index contributed by atoms with van der Waals surface area (Å²) in [4.78, 5) is 0. The first-order chi connectivity index (χ1) is 8.54. The van der Waals surface area contributed by atoms with Gasteiger partial charge in [-0.05, 0) is 36.6 Å². The molecule has 6 heteroatoms. The van der Waals surface area contributed by atoms with Gasteiger partial charge < -0.3 is 10.5 Å². The first kappa shape index (κ1) is 13.2. The van der Waals surface area contributed by atoms with Crippen LogP contribution in [0.3, 0.4) is 0 Å². The summed E-state index contributed by atoms with van der Waals surface area (Å²) in [5.74, 6) is 0.116. The van der Waals surface area contributed by atoms with Crippen LogP contribution in [0.2, 0.25) is 0 Å². The highest BCUT2D eigenvalue weighted by Gasteiger charge is 2.28. The fourth-order valence-electron chi connectivity index (χ4n) is 2.18. The lowest BCUT2D eigenvalue weighted by atomic mass is 10.1. The first-order valence-electron chi connectivity index (χ1n) is 5.92. The summed E-state index contributed by atoms with van der Waals surface area (Å²) in [7, 11) is -1.68. The van der Waals surface area contributed by atoms with Gasteiger partial charge in [-0.3, -0.25) is 4.31 Å². The van der Waals surface area contributed by atoms with Crippen molar-refractivity contribution in [3.8, 4) is 0 Å². The van der Waals surface area contributed by atoms with E-state index < -0.39 is 10.0 Å². The smallest absolute Gasteiger partial charge is 0.235 e. The van der Waals surface area contributed by atoms with Gasteiger partial charge in [0.15, 0.2) is 0 Å². The maximum absolute atomic E-state index is 12.2. The van der Waals surface area contributed by atoms with Crippen molar-refractivity contribution in [2.24, 2.45) is 0 Å². The molecule has 2 N–H and O–H groups in total. The quantitative estimate of drug-likeness (QED) is 0.640. The lowest BCUT2D eigenvalue weighted by Crippen LogP contribution is -2.31. The van der Waals surface area contributed by atoms with E-state index in [-0.39, 0.29) is 5.75 Å². The Morgan fingerprint density at radius 2 is 2.22 bits per heavy atom. The first-order valence-corrected chi connectivity index (χ1v) is 7.53. The van der Waals surface area contributed by atoms with Crippen LogP contribution in [0.25, 0.3) is 0 Å². The van der Waals surface area contributed by atoms with Crippen LogP contribution in [0, 0.1) is 0 Å². The molecule has 0 amide bonds. The van der Waals surface area contributed by atoms with Gasteiger partial charge in [-0.1, -0.05) is 0 Å². The number of nitrogens with two attached hydrogens (primary N) is 1. The molecule has 0 bridgehead atoms. The molecule has 0 spiro atoms. The number of hydrogen-bond donors (Lipinski definition) is 1. The number of rotatable bonds is 5. The summed E-state index contributed by atoms with van der Waals surface area (Å²) in [6.07, 6.45) is 1.24. The highest BCUT2D eigenvalue weighted by Crippen LogP contribution is 2.31. The number of benzene rings is 1. The Morgan fingerprint density at radius 1 is 1.44 bits per heavy atom. The second-order valence-corrected chi connectivity index (χ2v) is 6.39. The molecule has 1 aromatic carbocycles. The normalized spacial score (nSPS) is 14.8. The average molecular weight is 270 g/mol. The van der Waals surface area contributed by atoms with Gasteiger partial charge in [0.05, 0.1) is 11.4 Å². The molecule has 5 nitrogen and oxygen atoms in total. The van der Waals surface area contributed by atoms with Crippen molar-refractivity contribution in [3.63, 3.8) is 0 Å². The molecule has 18 heavy (non-hydrogen) atoms. The standard InChI is InChI=1S/C12H18N2O3S/c1-17-7-2-8-18(15,16)14-6-5-10-9-11(13)3-4-12(10)14/h3-4,9H,2,5-8,13H2,1H3. The highest BCUT2D eigenvalue weighted by atomic mass is 32.2. The summed E-state index contributed by atoms with van der Waals surface area (Å²) in [5.41, 5.74) is 8.14. The molecular formula is C12H18N2O3S. The predicted octanol–water partition coefficient (Wildman–Crippen LogP) is 0.998. The third-order valence-corrected chi connectivity index (χ3v) is 4.90. The zero-order valence-electron chi connectivity index (χ0n) is 10.4. The van der Waals surface area contributed by atoms with E-state index in [0.29, 0.717) is 25.3 Å². The number of methoxy groups -OCH3 is 1. The maximum Gasteiger partial charge on any atom is 0.235 e. The lowest BCUT2D eigenvalue weighted by Gasteiger charge is -2.19. The minimum Gasteiger partial charge on any atom is -0.399 e. The van der Waals surface area contributed by atoms with E-state index in [0.717, 1.165) is 17.7 Å². The van der Waals surface area contributed by atoms with Crippen LogP contribution in [0.5, 0.6) is 0 Å². The van der Waals surface area contributed by atoms with Crippen LogP contribution in [0.15, 0.2) is 18.2 Å². The van der Waals surface area contributed by atoms with Crippen molar-refractivity contribution >= 4 is 21.4 Å². The van der Waals surface area contributed by atoms with Crippen molar-refractivity contribution < 1.29 is 13.2 Å². The number of hydrogen-bond acceptors (Lipinski definition) is 4. The fourth-order valence-corrected chi connectivity index (χ4v) is 3.73. The molecule has 1 heterocycles. The second-order valence-electron chi connectivity index (χ2n) is 4.37. The molecule has 0 unspecified atom stereocenters. The van der Waals surface area contributed by atoms with Crippen molar-refractivity contribution in [2.45, 2.75) is 12.8 Å². The van der Waals surface area contributed by atoms with Crippen LogP contribution >= 0.6 is 0 Å². The van der Waals surface area contributed by atoms with E-state index in [1.54, 1.807) is 19.2 Å². The molecule has 100 valence electrons. The maximum atomic E-state index is 12.2. The summed E-state index contributed by atoms with van der Waals surface area (Å²) in [6.45, 7) is 0.968. The predicted molar refractivity (Wildman–Crippen MR) is 72.2 cm³/mol. The molecule has 0 aliphatic carbocycles. The summed E-state index contributed by atoms with van der Waals surface area (Å²) >= 11 is 0. The van der Waals surface area contributed by atoms with Gasteiger partial charge in [0.1, 0.15) is 0 Å². The topological polar surface area (TPSA) is 72.6 Å². The molecule has 1 aliphatic heterocycles. The molecule has 0 aromatic heterocycles. The van der Waals surface area contributed by atoms with Gasteiger partial charge in [-0.15, -0.1) is 0 Å². The van der Waals surface area contributed by atoms with Crippen LogP contribution < -0.4 is 10.0 Å². The van der Waals surface area contributed by atoms with Crippen molar-refractivity contribution in [2.75, 3.05) is 36.1 Å². The van der Waals surface area contributed by atoms with Gasteiger partial charge in [0.2, 0.25) is 10.0 Å². The third-order valence-electron chi connectivity index (χ3n) is 3.04. The van der Waals surface area contributed by atoms with Crippen LogP contribution in [0.1, 0.15) is 12.0 Å². The largest absolute Gasteiger partial charge is 0.399 e. The molecule has 0 atom stereocenters.